The van der Waals surface area contributed by atoms with E-state index in [0.717, 1.165) is 27.5 Å². The zero-order valence-corrected chi connectivity index (χ0v) is 27.8. The van der Waals surface area contributed by atoms with Gasteiger partial charge in [0.1, 0.15) is 5.75 Å². The van der Waals surface area contributed by atoms with Gasteiger partial charge in [-0.05, 0) is 92.1 Å². The van der Waals surface area contributed by atoms with Crippen LogP contribution in [0.25, 0.3) is 0 Å². The third-order valence-corrected chi connectivity index (χ3v) is 12.7. The Kier molecular flexibility index (Phi) is 7.59. The summed E-state index contributed by atoms with van der Waals surface area (Å²) in [5.74, 6) is -0.540. The summed E-state index contributed by atoms with van der Waals surface area (Å²) in [6.07, 6.45) is 0.794. The number of aromatic amines is 1. The number of anilines is 2. The number of aromatic nitrogens is 1. The molecule has 12 heteroatoms. The molecule has 1 aromatic heterocycles. The second-order valence-electron chi connectivity index (χ2n) is 12.8. The minimum Gasteiger partial charge on any atom is -0.508 e. The molecule has 10 nitrogen and oxygen atoms in total. The van der Waals surface area contributed by atoms with Crippen LogP contribution in [0.3, 0.4) is 0 Å². The minimum absolute atomic E-state index is 0.0158. The normalized spacial score (nSPS) is 26.6. The molecule has 3 fully saturated rings. The van der Waals surface area contributed by atoms with Gasteiger partial charge in [0.25, 0.3) is 5.91 Å². The van der Waals surface area contributed by atoms with Gasteiger partial charge in [-0.2, -0.15) is 0 Å². The lowest BCUT2D eigenvalue weighted by molar-refractivity contribution is -0.123. The average Bonchev–Trinajstić information content (AvgIpc) is 3.81. The van der Waals surface area contributed by atoms with Crippen molar-refractivity contribution in [3.05, 3.63) is 92.4 Å². The third-order valence-electron chi connectivity index (χ3n) is 10.2. The number of phenolic OH excluding ortho intramolecular Hbond substituents is 1. The largest absolute Gasteiger partial charge is 0.508 e. The molecule has 0 radical (unpaired) electrons. The number of nitrogens with zero attached hydrogens (tertiary/aromatic N) is 1. The second-order valence-corrected chi connectivity index (χ2v) is 15.0. The molecular formula is C36H33N3O7S2. The monoisotopic (exact) mass is 683 g/mol. The molecule has 2 saturated carbocycles. The molecule has 48 heavy (non-hydrogen) atoms. The molecule has 1 saturated heterocycles. The molecule has 3 aromatic carbocycles. The number of imide groups is 1. The van der Waals surface area contributed by atoms with Crippen LogP contribution in [0.15, 0.2) is 76.6 Å². The molecule has 0 spiro atoms. The highest BCUT2D eigenvalue weighted by Gasteiger charge is 2.69. The van der Waals surface area contributed by atoms with Crippen molar-refractivity contribution in [2.75, 3.05) is 23.4 Å². The molecule has 3 heterocycles. The van der Waals surface area contributed by atoms with Crippen molar-refractivity contribution in [3.63, 3.8) is 0 Å². The van der Waals surface area contributed by atoms with Gasteiger partial charge in [0.15, 0.2) is 18.1 Å². The van der Waals surface area contributed by atoms with Gasteiger partial charge < -0.3 is 24.9 Å². The van der Waals surface area contributed by atoms with Crippen molar-refractivity contribution < 1.29 is 29.0 Å². The predicted octanol–water partition coefficient (Wildman–Crippen LogP) is 5.54. The van der Waals surface area contributed by atoms with Gasteiger partial charge in [-0.3, -0.25) is 24.1 Å². The lowest BCUT2D eigenvalue weighted by atomic mass is 9.68. The molecular weight excluding hydrogens is 651 g/mol. The first-order chi connectivity index (χ1) is 23.2. The highest BCUT2D eigenvalue weighted by Crippen LogP contribution is 2.68. The quantitative estimate of drug-likeness (QED) is 0.163. The van der Waals surface area contributed by atoms with Crippen LogP contribution >= 0.6 is 23.1 Å². The molecule has 2 aliphatic carbocycles. The molecule has 2 bridgehead atoms. The predicted molar refractivity (Wildman–Crippen MR) is 182 cm³/mol. The molecule has 4 aromatic rings. The van der Waals surface area contributed by atoms with Gasteiger partial charge >= 0.3 is 4.87 Å². The summed E-state index contributed by atoms with van der Waals surface area (Å²) in [4.78, 5) is 58.5. The Balaban J connectivity index is 1.10. The number of amides is 3. The van der Waals surface area contributed by atoms with Gasteiger partial charge in [-0.15, -0.1) is 11.8 Å². The van der Waals surface area contributed by atoms with Gasteiger partial charge in [0.05, 0.1) is 29.2 Å². The molecule has 2 aliphatic heterocycles. The fourth-order valence-electron chi connectivity index (χ4n) is 8.33. The average molecular weight is 684 g/mol. The number of aromatic hydroxyl groups is 1. The van der Waals surface area contributed by atoms with E-state index < -0.39 is 5.92 Å². The first-order valence-electron chi connectivity index (χ1n) is 16.0. The van der Waals surface area contributed by atoms with E-state index >= 15 is 0 Å². The summed E-state index contributed by atoms with van der Waals surface area (Å²) in [6, 6.07) is 19.4. The Morgan fingerprint density at radius 3 is 2.42 bits per heavy atom. The minimum atomic E-state index is -0.397. The van der Waals surface area contributed by atoms with E-state index in [-0.39, 0.29) is 69.8 Å². The van der Waals surface area contributed by atoms with Crippen molar-refractivity contribution in [2.45, 2.75) is 36.5 Å². The Labute approximate surface area is 284 Å². The molecule has 3 amide bonds. The number of carbonyl (C=O) groups is 3. The summed E-state index contributed by atoms with van der Waals surface area (Å²) in [7, 11) is 0. The van der Waals surface area contributed by atoms with E-state index in [2.05, 4.69) is 10.3 Å². The maximum absolute atomic E-state index is 14.0. The summed E-state index contributed by atoms with van der Waals surface area (Å²) in [5, 5.41) is 13.1. The number of benzene rings is 3. The van der Waals surface area contributed by atoms with Crippen LogP contribution in [0, 0.1) is 36.5 Å². The van der Waals surface area contributed by atoms with Crippen molar-refractivity contribution in [2.24, 2.45) is 29.6 Å². The second kappa shape index (κ2) is 11.9. The Morgan fingerprint density at radius 2 is 1.69 bits per heavy atom. The number of thioether (sulfide) groups is 1. The fraction of sp³-hybridized carbons (Fsp3) is 0.333. The van der Waals surface area contributed by atoms with Crippen molar-refractivity contribution >= 4 is 52.2 Å². The summed E-state index contributed by atoms with van der Waals surface area (Å²) in [6.45, 7) is 3.96. The van der Waals surface area contributed by atoms with Gasteiger partial charge in [-0.25, -0.2) is 0 Å². The number of ether oxygens (including phenoxy) is 2. The topological polar surface area (TPSA) is 138 Å². The number of nitrogens with one attached hydrogen (secondary N) is 2. The summed E-state index contributed by atoms with van der Waals surface area (Å²) >= 11 is 2.85. The molecule has 246 valence electrons. The van der Waals surface area contributed by atoms with Crippen LogP contribution in [0.1, 0.15) is 35.3 Å². The maximum atomic E-state index is 14.0. The number of H-pyrrole nitrogens is 1. The van der Waals surface area contributed by atoms with Crippen molar-refractivity contribution in [1.29, 1.82) is 0 Å². The highest BCUT2D eigenvalue weighted by atomic mass is 32.2. The number of hydrogen-bond donors (Lipinski definition) is 3. The van der Waals surface area contributed by atoms with E-state index in [4.69, 9.17) is 9.47 Å². The van der Waals surface area contributed by atoms with Crippen LogP contribution in [0.4, 0.5) is 11.4 Å². The Morgan fingerprint density at radius 1 is 0.958 bits per heavy atom. The van der Waals surface area contributed by atoms with Gasteiger partial charge in [-0.1, -0.05) is 35.1 Å². The maximum Gasteiger partial charge on any atom is 0.305 e. The highest BCUT2D eigenvalue weighted by molar-refractivity contribution is 8.00. The van der Waals surface area contributed by atoms with Crippen LogP contribution in [0.2, 0.25) is 0 Å². The Hall–Kier alpha value is -4.55. The Bertz CT molecular complexity index is 1990. The lowest BCUT2D eigenvalue weighted by Gasteiger charge is -2.43. The first kappa shape index (κ1) is 30.8. The number of aryl methyl sites for hydroxylation is 1. The van der Waals surface area contributed by atoms with E-state index in [1.807, 2.05) is 50.2 Å². The zero-order chi connectivity index (χ0) is 33.3. The molecule has 7 atom stereocenters. The van der Waals surface area contributed by atoms with Crippen molar-refractivity contribution in [1.82, 2.24) is 4.98 Å². The number of rotatable bonds is 8. The lowest BCUT2D eigenvalue weighted by Crippen LogP contribution is -2.42. The zero-order valence-electron chi connectivity index (χ0n) is 26.2. The van der Waals surface area contributed by atoms with E-state index in [1.165, 1.54) is 28.4 Å². The van der Waals surface area contributed by atoms with Gasteiger partial charge in [0, 0.05) is 21.7 Å². The standard InChI is InChI=1S/C36H33N3O7S2/c1-3-45-25-14-18(6-13-24(25)46-16-26(41)37-19-7-11-21(40)12-8-19)27-28-22-15-23(31(28)47-33-32(27)48-36(44)38-33)30-29(22)34(42)39(35(30)43)20-9-4-17(2)5-10-20/h4-14,22-23,27-31,40H,3,15-16H2,1-2H3,(H,37,41)(H,38,44)/t22-,23-,27-,28?,29?,30?,31?/m1/s1. The van der Waals surface area contributed by atoms with Crippen LogP contribution < -0.4 is 24.6 Å². The number of thiazole rings is 1. The molecule has 3 N–H and O–H groups in total. The van der Waals surface area contributed by atoms with Crippen molar-refractivity contribution in [3.8, 4) is 17.2 Å². The summed E-state index contributed by atoms with van der Waals surface area (Å²) < 4.78 is 11.9. The van der Waals surface area contributed by atoms with E-state index in [1.54, 1.807) is 30.0 Å². The number of carbonyl (C=O) groups excluding carboxylic acids is 3. The molecule has 4 aliphatic rings. The van der Waals surface area contributed by atoms with E-state index in [9.17, 15) is 24.3 Å². The third kappa shape index (κ3) is 5.00. The van der Waals surface area contributed by atoms with E-state index in [0.29, 0.717) is 29.5 Å². The van der Waals surface area contributed by atoms with Gasteiger partial charge in [0.2, 0.25) is 11.8 Å². The SMILES string of the molecule is CCOc1cc([C@H]2c3sc(=O)[nH]c3SC3C2[C@H]2C[C@@H]3C3C(=O)N(c4ccc(C)cc4)C(=O)C32)ccc1OCC(=O)Nc1ccc(O)cc1. The fourth-order valence-corrected chi connectivity index (χ4v) is 11.2. The van der Waals surface area contributed by atoms with Crippen LogP contribution in [-0.2, 0) is 14.4 Å². The number of phenols is 1. The molecule has 4 unspecified atom stereocenters. The summed E-state index contributed by atoms with van der Waals surface area (Å²) in [5.41, 5.74) is 3.14. The molecule has 8 rings (SSSR count). The smallest absolute Gasteiger partial charge is 0.305 e. The number of fused-ring (bicyclic) bond motifs is 9. The first-order valence-corrected chi connectivity index (χ1v) is 17.7. The van der Waals surface area contributed by atoms with Crippen LogP contribution in [0.5, 0.6) is 17.2 Å². The number of hydrogen-bond acceptors (Lipinski definition) is 9. The van der Waals surface area contributed by atoms with Crippen LogP contribution in [-0.4, -0.2) is 46.3 Å².